The lowest BCUT2D eigenvalue weighted by atomic mass is 10.0. The van der Waals surface area contributed by atoms with E-state index in [0.717, 1.165) is 13.1 Å². The van der Waals surface area contributed by atoms with Gasteiger partial charge >= 0.3 is 0 Å². The van der Waals surface area contributed by atoms with Gasteiger partial charge in [0.15, 0.2) is 0 Å². The van der Waals surface area contributed by atoms with Crippen molar-refractivity contribution in [3.63, 3.8) is 0 Å². The van der Waals surface area contributed by atoms with Gasteiger partial charge in [-0.15, -0.1) is 0 Å². The zero-order valence-electron chi connectivity index (χ0n) is 12.4. The van der Waals surface area contributed by atoms with Crippen LogP contribution in [0.1, 0.15) is 20.8 Å². The van der Waals surface area contributed by atoms with Gasteiger partial charge in [-0.05, 0) is 39.3 Å². The van der Waals surface area contributed by atoms with Crippen LogP contribution in [0.5, 0.6) is 0 Å². The summed E-state index contributed by atoms with van der Waals surface area (Å²) in [5, 5.41) is 6.02. The predicted octanol–water partition coefficient (Wildman–Crippen LogP) is 3.66. The number of anilines is 1. The second-order valence-electron chi connectivity index (χ2n) is 5.65. The Hall–Kier alpha value is -1.54. The van der Waals surface area contributed by atoms with Crippen molar-refractivity contribution < 1.29 is 0 Å². The summed E-state index contributed by atoms with van der Waals surface area (Å²) in [4.78, 5) is 2.44. The topological polar surface area (TPSA) is 15.3 Å². The van der Waals surface area contributed by atoms with Crippen molar-refractivity contribution in [1.82, 2.24) is 5.32 Å². The summed E-state index contributed by atoms with van der Waals surface area (Å²) in [6, 6.07) is 15.1. The molecule has 0 fully saturated rings. The number of likely N-dealkylation sites (N-methyl/N-ethyl adjacent to an activating group) is 2. The van der Waals surface area contributed by atoms with Gasteiger partial charge in [0.1, 0.15) is 0 Å². The minimum absolute atomic E-state index is 0.104. The summed E-state index contributed by atoms with van der Waals surface area (Å²) in [6.07, 6.45) is 0. The largest absolute Gasteiger partial charge is 0.369 e. The fourth-order valence-electron chi connectivity index (χ4n) is 2.41. The summed E-state index contributed by atoms with van der Waals surface area (Å²) >= 11 is 0. The molecule has 1 N–H and O–H groups in total. The van der Waals surface area contributed by atoms with E-state index in [1.54, 1.807) is 0 Å². The van der Waals surface area contributed by atoms with Crippen LogP contribution in [-0.4, -0.2) is 25.7 Å². The van der Waals surface area contributed by atoms with E-state index < -0.39 is 0 Å². The van der Waals surface area contributed by atoms with Crippen LogP contribution in [0.3, 0.4) is 0 Å². The minimum Gasteiger partial charge on any atom is -0.369 e. The van der Waals surface area contributed by atoms with Crippen LogP contribution in [0.2, 0.25) is 0 Å². The molecule has 2 aromatic carbocycles. The van der Waals surface area contributed by atoms with Crippen molar-refractivity contribution in [3.8, 4) is 0 Å². The lowest BCUT2D eigenvalue weighted by Gasteiger charge is -2.34. The molecule has 0 aliphatic rings. The SMILES string of the molecule is CCN(CC(C)(C)NC)c1cccc2ccccc12. The Morgan fingerprint density at radius 3 is 2.42 bits per heavy atom. The average Bonchev–Trinajstić information content (AvgIpc) is 2.44. The Bertz CT molecular complexity index is 540. The molecule has 0 aromatic heterocycles. The highest BCUT2D eigenvalue weighted by Crippen LogP contribution is 2.27. The molecule has 2 nitrogen and oxygen atoms in total. The maximum Gasteiger partial charge on any atom is 0.0446 e. The monoisotopic (exact) mass is 256 g/mol. The molecular weight excluding hydrogens is 232 g/mol. The van der Waals surface area contributed by atoms with Crippen LogP contribution in [0, 0.1) is 0 Å². The fraction of sp³-hybridized carbons (Fsp3) is 0.412. The zero-order chi connectivity index (χ0) is 13.9. The Morgan fingerprint density at radius 2 is 1.74 bits per heavy atom. The quantitative estimate of drug-likeness (QED) is 0.878. The molecule has 19 heavy (non-hydrogen) atoms. The molecule has 0 radical (unpaired) electrons. The number of nitrogens with one attached hydrogen (secondary N) is 1. The average molecular weight is 256 g/mol. The van der Waals surface area contributed by atoms with Crippen LogP contribution < -0.4 is 10.2 Å². The molecule has 2 heteroatoms. The number of rotatable bonds is 5. The standard InChI is InChI=1S/C17H24N2/c1-5-19(13-17(2,3)18-4)16-12-8-10-14-9-6-7-11-15(14)16/h6-12,18H,5,13H2,1-4H3. The number of fused-ring (bicyclic) bond motifs is 1. The van der Waals surface area contributed by atoms with Gasteiger partial charge in [-0.1, -0.05) is 36.4 Å². The molecule has 0 saturated carbocycles. The van der Waals surface area contributed by atoms with Gasteiger partial charge in [-0.2, -0.15) is 0 Å². The van der Waals surface area contributed by atoms with Crippen molar-refractivity contribution >= 4 is 16.5 Å². The second-order valence-corrected chi connectivity index (χ2v) is 5.65. The van der Waals surface area contributed by atoms with Crippen molar-refractivity contribution in [2.75, 3.05) is 25.0 Å². The highest BCUT2D eigenvalue weighted by Gasteiger charge is 2.19. The third-order valence-electron chi connectivity index (χ3n) is 3.75. The highest BCUT2D eigenvalue weighted by molar-refractivity contribution is 5.94. The number of benzene rings is 2. The highest BCUT2D eigenvalue weighted by atomic mass is 15.2. The molecule has 102 valence electrons. The Morgan fingerprint density at radius 1 is 1.05 bits per heavy atom. The van der Waals surface area contributed by atoms with E-state index in [1.807, 2.05) is 7.05 Å². The predicted molar refractivity (Wildman–Crippen MR) is 85.0 cm³/mol. The van der Waals surface area contributed by atoms with E-state index in [-0.39, 0.29) is 5.54 Å². The van der Waals surface area contributed by atoms with Crippen LogP contribution in [0.15, 0.2) is 42.5 Å². The van der Waals surface area contributed by atoms with Crippen molar-refractivity contribution in [2.24, 2.45) is 0 Å². The lowest BCUT2D eigenvalue weighted by molar-refractivity contribution is 0.422. The van der Waals surface area contributed by atoms with E-state index in [1.165, 1.54) is 16.5 Å². The van der Waals surface area contributed by atoms with E-state index in [0.29, 0.717) is 0 Å². The third-order valence-corrected chi connectivity index (χ3v) is 3.75. The van der Waals surface area contributed by atoms with Gasteiger partial charge < -0.3 is 10.2 Å². The van der Waals surface area contributed by atoms with E-state index in [2.05, 4.69) is 73.5 Å². The second kappa shape index (κ2) is 5.62. The molecule has 0 atom stereocenters. The van der Waals surface area contributed by atoms with Crippen LogP contribution in [0.25, 0.3) is 10.8 Å². The zero-order valence-corrected chi connectivity index (χ0v) is 12.4. The lowest BCUT2D eigenvalue weighted by Crippen LogP contribution is -2.47. The number of hydrogen-bond acceptors (Lipinski definition) is 2. The van der Waals surface area contributed by atoms with Crippen molar-refractivity contribution in [2.45, 2.75) is 26.3 Å². The molecule has 0 unspecified atom stereocenters. The van der Waals surface area contributed by atoms with Crippen LogP contribution >= 0.6 is 0 Å². The molecule has 0 bridgehead atoms. The molecule has 0 amide bonds. The van der Waals surface area contributed by atoms with Gasteiger partial charge in [0.25, 0.3) is 0 Å². The van der Waals surface area contributed by atoms with Gasteiger partial charge in [0, 0.05) is 29.7 Å². The van der Waals surface area contributed by atoms with E-state index in [4.69, 9.17) is 0 Å². The first-order valence-corrected chi connectivity index (χ1v) is 6.99. The molecule has 0 saturated heterocycles. The van der Waals surface area contributed by atoms with Gasteiger partial charge in [-0.3, -0.25) is 0 Å². The molecule has 0 spiro atoms. The summed E-state index contributed by atoms with van der Waals surface area (Å²) in [5.74, 6) is 0. The molecule has 0 heterocycles. The fourth-order valence-corrected chi connectivity index (χ4v) is 2.41. The number of nitrogens with zero attached hydrogens (tertiary/aromatic N) is 1. The van der Waals surface area contributed by atoms with Crippen molar-refractivity contribution in [3.05, 3.63) is 42.5 Å². The van der Waals surface area contributed by atoms with Crippen LogP contribution in [0.4, 0.5) is 5.69 Å². The summed E-state index contributed by atoms with van der Waals surface area (Å²) in [6.45, 7) is 8.70. The van der Waals surface area contributed by atoms with E-state index in [9.17, 15) is 0 Å². The molecule has 2 aromatic rings. The van der Waals surface area contributed by atoms with Gasteiger partial charge in [0.05, 0.1) is 0 Å². The number of hydrogen-bond donors (Lipinski definition) is 1. The smallest absolute Gasteiger partial charge is 0.0446 e. The molecule has 2 rings (SSSR count). The Labute approximate surface area is 116 Å². The Balaban J connectivity index is 2.41. The third kappa shape index (κ3) is 3.07. The van der Waals surface area contributed by atoms with Gasteiger partial charge in [0.2, 0.25) is 0 Å². The molecule has 0 aliphatic heterocycles. The first kappa shape index (κ1) is 13.9. The first-order valence-electron chi connectivity index (χ1n) is 6.99. The molecule has 0 aliphatic carbocycles. The maximum atomic E-state index is 3.38. The molecular formula is C17H24N2. The summed E-state index contributed by atoms with van der Waals surface area (Å²) in [7, 11) is 2.02. The van der Waals surface area contributed by atoms with Crippen LogP contribution in [-0.2, 0) is 0 Å². The normalized spacial score (nSPS) is 11.8. The van der Waals surface area contributed by atoms with Gasteiger partial charge in [-0.25, -0.2) is 0 Å². The minimum atomic E-state index is 0.104. The summed E-state index contributed by atoms with van der Waals surface area (Å²) < 4.78 is 0. The van der Waals surface area contributed by atoms with E-state index >= 15 is 0 Å². The maximum absolute atomic E-state index is 3.38. The Kier molecular flexibility index (Phi) is 4.11. The summed E-state index contributed by atoms with van der Waals surface area (Å²) in [5.41, 5.74) is 1.43. The van der Waals surface area contributed by atoms with Crippen molar-refractivity contribution in [1.29, 1.82) is 0 Å². The first-order chi connectivity index (χ1) is 9.07.